The summed E-state index contributed by atoms with van der Waals surface area (Å²) in [6.45, 7) is 4.36. The van der Waals surface area contributed by atoms with Gasteiger partial charge in [0.05, 0.1) is 0 Å². The number of phenols is 1. The summed E-state index contributed by atoms with van der Waals surface area (Å²) in [5.74, 6) is 0.495. The van der Waals surface area contributed by atoms with Gasteiger partial charge in [0.15, 0.2) is 0 Å². The molecule has 0 radical (unpaired) electrons. The molecule has 0 atom stereocenters. The number of phenolic OH excluding ortho intramolecular Hbond substituents is 1. The highest BCUT2D eigenvalue weighted by Crippen LogP contribution is 2.32. The molecule has 1 N–H and O–H groups in total. The molecule has 1 nitrogen and oxygen atoms in total. The molecule has 0 aliphatic rings. The van der Waals surface area contributed by atoms with Crippen LogP contribution in [0.3, 0.4) is 0 Å². The molecule has 0 heterocycles. The maximum Gasteiger partial charge on any atom is 0.126 e. The smallest absolute Gasteiger partial charge is 0.126 e. The van der Waals surface area contributed by atoms with Gasteiger partial charge >= 0.3 is 0 Å². The van der Waals surface area contributed by atoms with E-state index in [-0.39, 0.29) is 0 Å². The predicted molar refractivity (Wildman–Crippen MR) is 87.4 cm³/mol. The van der Waals surface area contributed by atoms with Gasteiger partial charge in [-0.15, -0.1) is 0 Å². The first kappa shape index (κ1) is 14.9. The molecular formula is C19H26O. The highest BCUT2D eigenvalue weighted by molar-refractivity contribution is 5.90. The average Bonchev–Trinajstić information content (AvgIpc) is 2.45. The van der Waals surface area contributed by atoms with Gasteiger partial charge in [0.25, 0.3) is 0 Å². The highest BCUT2D eigenvalue weighted by atomic mass is 16.3. The van der Waals surface area contributed by atoms with Crippen LogP contribution in [0, 0.1) is 6.92 Å². The second kappa shape index (κ2) is 7.33. The van der Waals surface area contributed by atoms with E-state index in [1.54, 1.807) is 0 Å². The van der Waals surface area contributed by atoms with Gasteiger partial charge in [-0.05, 0) is 36.3 Å². The van der Waals surface area contributed by atoms with Gasteiger partial charge in [0.1, 0.15) is 5.75 Å². The first-order valence-corrected chi connectivity index (χ1v) is 7.94. The van der Waals surface area contributed by atoms with E-state index in [2.05, 4.69) is 26.0 Å². The minimum absolute atomic E-state index is 0.495. The van der Waals surface area contributed by atoms with E-state index in [4.69, 9.17) is 0 Å². The molecule has 1 heteroatoms. The van der Waals surface area contributed by atoms with Gasteiger partial charge in [0.2, 0.25) is 0 Å². The third-order valence-corrected chi connectivity index (χ3v) is 4.13. The molecule has 2 aromatic rings. The van der Waals surface area contributed by atoms with Crippen LogP contribution in [-0.4, -0.2) is 5.11 Å². The fourth-order valence-electron chi connectivity index (χ4n) is 2.91. The van der Waals surface area contributed by atoms with Crippen LogP contribution in [0.15, 0.2) is 30.3 Å². The topological polar surface area (TPSA) is 20.2 Å². The zero-order valence-electron chi connectivity index (χ0n) is 12.8. The number of aromatic hydroxyl groups is 1. The Kier molecular flexibility index (Phi) is 5.46. The molecule has 0 saturated heterocycles. The number of hydrogen-bond donors (Lipinski definition) is 1. The lowest BCUT2D eigenvalue weighted by molar-refractivity contribution is 0.471. The second-order valence-corrected chi connectivity index (χ2v) is 5.76. The van der Waals surface area contributed by atoms with Crippen molar-refractivity contribution in [2.45, 2.75) is 58.8 Å². The van der Waals surface area contributed by atoms with Gasteiger partial charge in [-0.2, -0.15) is 0 Å². The van der Waals surface area contributed by atoms with E-state index in [1.807, 2.05) is 18.2 Å². The largest absolute Gasteiger partial charge is 0.507 e. The average molecular weight is 270 g/mol. The first-order valence-electron chi connectivity index (χ1n) is 7.94. The van der Waals surface area contributed by atoms with Crippen molar-refractivity contribution in [3.8, 4) is 5.75 Å². The summed E-state index contributed by atoms with van der Waals surface area (Å²) in [6.07, 6.45) is 8.75. The number of fused-ring (bicyclic) bond motifs is 1. The molecule has 0 aliphatic carbocycles. The van der Waals surface area contributed by atoms with Gasteiger partial charge in [-0.25, -0.2) is 0 Å². The van der Waals surface area contributed by atoms with Crippen molar-refractivity contribution in [1.29, 1.82) is 0 Å². The van der Waals surface area contributed by atoms with Crippen LogP contribution in [0.4, 0.5) is 0 Å². The summed E-state index contributed by atoms with van der Waals surface area (Å²) in [5.41, 5.74) is 2.36. The van der Waals surface area contributed by atoms with Crippen molar-refractivity contribution >= 4 is 10.8 Å². The monoisotopic (exact) mass is 270 g/mol. The molecular weight excluding hydrogens is 244 g/mol. The Hall–Kier alpha value is -1.50. The molecule has 0 fully saturated rings. The molecule has 2 rings (SSSR count). The molecule has 0 bridgehead atoms. The third-order valence-electron chi connectivity index (χ3n) is 4.13. The molecule has 108 valence electrons. The first-order chi connectivity index (χ1) is 9.74. The normalized spacial score (nSPS) is 11.1. The SMILES string of the molecule is CCCCCCCCc1c(C)cc2ccccc2c1O. The van der Waals surface area contributed by atoms with E-state index >= 15 is 0 Å². The van der Waals surface area contributed by atoms with E-state index in [9.17, 15) is 5.11 Å². The van der Waals surface area contributed by atoms with Gasteiger partial charge < -0.3 is 5.11 Å². The fourth-order valence-corrected chi connectivity index (χ4v) is 2.91. The number of hydrogen-bond acceptors (Lipinski definition) is 1. The highest BCUT2D eigenvalue weighted by Gasteiger charge is 2.09. The zero-order chi connectivity index (χ0) is 14.4. The maximum atomic E-state index is 10.5. The standard InChI is InChI=1S/C19H26O/c1-3-4-5-6-7-8-12-17-15(2)14-16-11-9-10-13-18(16)19(17)20/h9-11,13-14,20H,3-8,12H2,1-2H3. The Labute approximate surface area is 122 Å². The minimum atomic E-state index is 0.495. The molecule has 0 spiro atoms. The molecule has 20 heavy (non-hydrogen) atoms. The number of aryl methyl sites for hydroxylation is 1. The molecule has 0 saturated carbocycles. The Balaban J connectivity index is 2.02. The van der Waals surface area contributed by atoms with Crippen LogP contribution in [0.1, 0.15) is 56.6 Å². The summed E-state index contributed by atoms with van der Waals surface area (Å²) in [5, 5.41) is 12.6. The van der Waals surface area contributed by atoms with Crippen molar-refractivity contribution < 1.29 is 5.11 Å². The lowest BCUT2D eigenvalue weighted by Gasteiger charge is -2.12. The lowest BCUT2D eigenvalue weighted by Crippen LogP contribution is -1.93. The summed E-state index contributed by atoms with van der Waals surface area (Å²) < 4.78 is 0. The van der Waals surface area contributed by atoms with E-state index in [1.165, 1.54) is 44.1 Å². The summed E-state index contributed by atoms with van der Waals surface area (Å²) >= 11 is 0. The van der Waals surface area contributed by atoms with E-state index in [0.717, 1.165) is 22.8 Å². The number of unbranched alkanes of at least 4 members (excludes halogenated alkanes) is 5. The van der Waals surface area contributed by atoms with E-state index in [0.29, 0.717) is 5.75 Å². The van der Waals surface area contributed by atoms with Gasteiger partial charge in [-0.1, -0.05) is 69.4 Å². The molecule has 2 aromatic carbocycles. The fraction of sp³-hybridized carbons (Fsp3) is 0.474. The Morgan fingerprint density at radius 1 is 0.950 bits per heavy atom. The molecule has 0 aromatic heterocycles. The van der Waals surface area contributed by atoms with Crippen LogP contribution in [-0.2, 0) is 6.42 Å². The van der Waals surface area contributed by atoms with Crippen molar-refractivity contribution in [3.63, 3.8) is 0 Å². The van der Waals surface area contributed by atoms with Crippen molar-refractivity contribution in [3.05, 3.63) is 41.5 Å². The lowest BCUT2D eigenvalue weighted by atomic mass is 9.96. The van der Waals surface area contributed by atoms with Crippen molar-refractivity contribution in [2.75, 3.05) is 0 Å². The van der Waals surface area contributed by atoms with Crippen LogP contribution >= 0.6 is 0 Å². The number of benzene rings is 2. The molecule has 0 unspecified atom stereocenters. The summed E-state index contributed by atoms with van der Waals surface area (Å²) in [6, 6.07) is 10.3. The van der Waals surface area contributed by atoms with Crippen molar-refractivity contribution in [1.82, 2.24) is 0 Å². The third kappa shape index (κ3) is 3.53. The summed E-state index contributed by atoms with van der Waals surface area (Å²) in [4.78, 5) is 0. The van der Waals surface area contributed by atoms with Gasteiger partial charge in [-0.3, -0.25) is 0 Å². The molecule has 0 amide bonds. The predicted octanol–water partition coefficient (Wildman–Crippen LogP) is 5.76. The van der Waals surface area contributed by atoms with Crippen LogP contribution < -0.4 is 0 Å². The molecule has 0 aliphatic heterocycles. The van der Waals surface area contributed by atoms with Crippen molar-refractivity contribution in [2.24, 2.45) is 0 Å². The second-order valence-electron chi connectivity index (χ2n) is 5.76. The minimum Gasteiger partial charge on any atom is -0.507 e. The van der Waals surface area contributed by atoms with Crippen LogP contribution in [0.25, 0.3) is 10.8 Å². The summed E-state index contributed by atoms with van der Waals surface area (Å²) in [7, 11) is 0. The van der Waals surface area contributed by atoms with E-state index < -0.39 is 0 Å². The quantitative estimate of drug-likeness (QED) is 0.634. The van der Waals surface area contributed by atoms with Crippen LogP contribution in [0.2, 0.25) is 0 Å². The Morgan fingerprint density at radius 3 is 2.45 bits per heavy atom. The zero-order valence-corrected chi connectivity index (χ0v) is 12.8. The Bertz CT molecular complexity index is 557. The number of rotatable bonds is 7. The Morgan fingerprint density at radius 2 is 1.65 bits per heavy atom. The van der Waals surface area contributed by atoms with Gasteiger partial charge in [0, 0.05) is 5.39 Å². The van der Waals surface area contributed by atoms with Crippen LogP contribution in [0.5, 0.6) is 5.75 Å². The maximum absolute atomic E-state index is 10.5.